The molecule has 150 valence electrons. The second kappa shape index (κ2) is 9.18. The summed E-state index contributed by atoms with van der Waals surface area (Å²) >= 11 is 0. The van der Waals surface area contributed by atoms with E-state index in [2.05, 4.69) is 27.5 Å². The van der Waals surface area contributed by atoms with Gasteiger partial charge in [-0.25, -0.2) is 9.67 Å². The predicted octanol–water partition coefficient (Wildman–Crippen LogP) is 4.35. The minimum absolute atomic E-state index is 0.0955. The molecule has 1 aromatic heterocycles. The third kappa shape index (κ3) is 4.81. The summed E-state index contributed by atoms with van der Waals surface area (Å²) in [6, 6.07) is 29.9. The first-order chi connectivity index (χ1) is 14.7. The first-order valence-corrected chi connectivity index (χ1v) is 10.0. The first-order valence-electron chi connectivity index (χ1n) is 10.0. The number of carbonyl (C=O) groups excluding carboxylic acids is 1. The lowest BCUT2D eigenvalue weighted by molar-refractivity contribution is -0.122. The molecule has 30 heavy (non-hydrogen) atoms. The van der Waals surface area contributed by atoms with Gasteiger partial charge in [0.05, 0.1) is 6.04 Å². The van der Waals surface area contributed by atoms with Crippen LogP contribution < -0.4 is 5.32 Å². The summed E-state index contributed by atoms with van der Waals surface area (Å²) < 4.78 is 1.67. The number of nitrogens with one attached hydrogen (secondary N) is 1. The van der Waals surface area contributed by atoms with Crippen LogP contribution in [0, 0.1) is 6.92 Å². The highest BCUT2D eigenvalue weighted by molar-refractivity contribution is 5.77. The summed E-state index contributed by atoms with van der Waals surface area (Å²) in [5.74, 6) is 1.25. The SMILES string of the molecule is Cc1nc(-c2ccccc2)n(CC(=O)NC(Cc2ccccc2)c2ccccc2)n1. The summed E-state index contributed by atoms with van der Waals surface area (Å²) in [4.78, 5) is 17.5. The molecular formula is C25H24N4O. The molecule has 0 bridgehead atoms. The topological polar surface area (TPSA) is 59.8 Å². The van der Waals surface area contributed by atoms with E-state index in [1.165, 1.54) is 5.56 Å². The third-order valence-corrected chi connectivity index (χ3v) is 4.92. The maximum absolute atomic E-state index is 13.0. The van der Waals surface area contributed by atoms with E-state index in [1.54, 1.807) is 4.68 Å². The van der Waals surface area contributed by atoms with Gasteiger partial charge in [0.1, 0.15) is 12.4 Å². The Balaban J connectivity index is 1.54. The second-order valence-corrected chi connectivity index (χ2v) is 7.23. The zero-order valence-corrected chi connectivity index (χ0v) is 16.9. The number of aryl methyl sites for hydroxylation is 1. The minimum Gasteiger partial charge on any atom is -0.347 e. The smallest absolute Gasteiger partial charge is 0.242 e. The number of hydrogen-bond donors (Lipinski definition) is 1. The molecule has 0 saturated heterocycles. The summed E-state index contributed by atoms with van der Waals surface area (Å²) in [5, 5.41) is 7.63. The standard InChI is InChI=1S/C25H24N4O/c1-19-26-25(22-15-9-4-10-16-22)29(28-19)18-24(30)27-23(21-13-7-3-8-14-21)17-20-11-5-2-6-12-20/h2-16,23H,17-18H2,1H3,(H,27,30). The van der Waals surface area contributed by atoms with Gasteiger partial charge in [0.25, 0.3) is 0 Å². The Hall–Kier alpha value is -3.73. The van der Waals surface area contributed by atoms with Crippen molar-refractivity contribution in [3.8, 4) is 11.4 Å². The molecule has 1 unspecified atom stereocenters. The Labute approximate surface area is 176 Å². The van der Waals surface area contributed by atoms with Crippen molar-refractivity contribution < 1.29 is 4.79 Å². The number of nitrogens with zero attached hydrogens (tertiary/aromatic N) is 3. The molecule has 1 amide bonds. The highest BCUT2D eigenvalue weighted by atomic mass is 16.2. The van der Waals surface area contributed by atoms with E-state index in [1.807, 2.05) is 85.8 Å². The van der Waals surface area contributed by atoms with Gasteiger partial charge in [0.15, 0.2) is 5.82 Å². The van der Waals surface area contributed by atoms with Crippen LogP contribution in [0.3, 0.4) is 0 Å². The Bertz CT molecular complexity index is 1090. The average molecular weight is 396 g/mol. The molecule has 4 rings (SSSR count). The third-order valence-electron chi connectivity index (χ3n) is 4.92. The molecule has 0 aliphatic rings. The van der Waals surface area contributed by atoms with Crippen LogP contribution in [0.5, 0.6) is 0 Å². The largest absolute Gasteiger partial charge is 0.347 e. The van der Waals surface area contributed by atoms with E-state index in [4.69, 9.17) is 0 Å². The molecule has 0 aliphatic carbocycles. The fraction of sp³-hybridized carbons (Fsp3) is 0.160. The molecule has 1 atom stereocenters. The van der Waals surface area contributed by atoms with Crippen LogP contribution in [0.2, 0.25) is 0 Å². The van der Waals surface area contributed by atoms with E-state index < -0.39 is 0 Å². The van der Waals surface area contributed by atoms with Gasteiger partial charge < -0.3 is 5.32 Å². The van der Waals surface area contributed by atoms with Crippen molar-refractivity contribution in [1.29, 1.82) is 0 Å². The normalized spacial score (nSPS) is 11.8. The van der Waals surface area contributed by atoms with Crippen molar-refractivity contribution in [2.45, 2.75) is 25.9 Å². The van der Waals surface area contributed by atoms with Crippen LogP contribution in [0.4, 0.5) is 0 Å². The fourth-order valence-corrected chi connectivity index (χ4v) is 3.53. The molecule has 0 spiro atoms. The number of aromatic nitrogens is 3. The molecule has 0 aliphatic heterocycles. The predicted molar refractivity (Wildman–Crippen MR) is 118 cm³/mol. The van der Waals surface area contributed by atoms with E-state index in [0.717, 1.165) is 17.5 Å². The van der Waals surface area contributed by atoms with Crippen molar-refractivity contribution >= 4 is 5.91 Å². The lowest BCUT2D eigenvalue weighted by atomic mass is 9.99. The minimum atomic E-state index is -0.120. The highest BCUT2D eigenvalue weighted by Gasteiger charge is 2.18. The van der Waals surface area contributed by atoms with Gasteiger partial charge >= 0.3 is 0 Å². The summed E-state index contributed by atoms with van der Waals surface area (Å²) in [5.41, 5.74) is 3.19. The quantitative estimate of drug-likeness (QED) is 0.505. The highest BCUT2D eigenvalue weighted by Crippen LogP contribution is 2.20. The molecule has 4 aromatic rings. The van der Waals surface area contributed by atoms with Gasteiger partial charge in [-0.2, -0.15) is 5.10 Å². The van der Waals surface area contributed by atoms with E-state index in [0.29, 0.717) is 11.6 Å². The zero-order valence-electron chi connectivity index (χ0n) is 16.9. The Morgan fingerprint density at radius 3 is 2.17 bits per heavy atom. The molecule has 1 heterocycles. The van der Waals surface area contributed by atoms with Crippen LogP contribution in [0.15, 0.2) is 91.0 Å². The van der Waals surface area contributed by atoms with Crippen LogP contribution in [0.1, 0.15) is 23.0 Å². The van der Waals surface area contributed by atoms with Gasteiger partial charge in [-0.15, -0.1) is 0 Å². The number of hydrogen-bond acceptors (Lipinski definition) is 3. The van der Waals surface area contributed by atoms with Crippen molar-refractivity contribution in [2.75, 3.05) is 0 Å². The second-order valence-electron chi connectivity index (χ2n) is 7.23. The van der Waals surface area contributed by atoms with E-state index in [9.17, 15) is 4.79 Å². The molecule has 0 saturated carbocycles. The Morgan fingerprint density at radius 2 is 1.50 bits per heavy atom. The van der Waals surface area contributed by atoms with Gasteiger partial charge in [-0.3, -0.25) is 4.79 Å². The molecule has 5 nitrogen and oxygen atoms in total. The number of rotatable bonds is 7. The van der Waals surface area contributed by atoms with Gasteiger partial charge in [0.2, 0.25) is 5.91 Å². The molecular weight excluding hydrogens is 372 g/mol. The van der Waals surface area contributed by atoms with Crippen LogP contribution in [-0.2, 0) is 17.8 Å². The average Bonchev–Trinajstić information content (AvgIpc) is 3.15. The summed E-state index contributed by atoms with van der Waals surface area (Å²) in [6.45, 7) is 1.95. The number of benzene rings is 3. The Kier molecular flexibility index (Phi) is 5.99. The lowest BCUT2D eigenvalue weighted by Gasteiger charge is -2.20. The number of carbonyl (C=O) groups is 1. The van der Waals surface area contributed by atoms with E-state index >= 15 is 0 Å². The lowest BCUT2D eigenvalue weighted by Crippen LogP contribution is -2.33. The van der Waals surface area contributed by atoms with Gasteiger partial charge in [-0.1, -0.05) is 91.0 Å². The van der Waals surface area contributed by atoms with Crippen molar-refractivity contribution in [1.82, 2.24) is 20.1 Å². The van der Waals surface area contributed by atoms with Crippen LogP contribution >= 0.6 is 0 Å². The van der Waals surface area contributed by atoms with E-state index in [-0.39, 0.29) is 18.5 Å². The summed E-state index contributed by atoms with van der Waals surface area (Å²) in [6.07, 6.45) is 0.721. The Morgan fingerprint density at radius 1 is 0.900 bits per heavy atom. The van der Waals surface area contributed by atoms with Gasteiger partial charge in [-0.05, 0) is 24.5 Å². The first kappa shape index (κ1) is 19.6. The molecule has 1 N–H and O–H groups in total. The fourth-order valence-electron chi connectivity index (χ4n) is 3.53. The molecule has 3 aromatic carbocycles. The zero-order chi connectivity index (χ0) is 20.8. The monoisotopic (exact) mass is 396 g/mol. The van der Waals surface area contributed by atoms with Crippen LogP contribution in [0.25, 0.3) is 11.4 Å². The number of amides is 1. The molecule has 0 radical (unpaired) electrons. The maximum Gasteiger partial charge on any atom is 0.242 e. The molecule has 5 heteroatoms. The summed E-state index contributed by atoms with van der Waals surface area (Å²) in [7, 11) is 0. The van der Waals surface area contributed by atoms with Crippen molar-refractivity contribution in [3.05, 3.63) is 108 Å². The van der Waals surface area contributed by atoms with Gasteiger partial charge in [0, 0.05) is 5.56 Å². The maximum atomic E-state index is 13.0. The van der Waals surface area contributed by atoms with Crippen molar-refractivity contribution in [3.63, 3.8) is 0 Å². The molecule has 0 fully saturated rings. The van der Waals surface area contributed by atoms with Crippen LogP contribution in [-0.4, -0.2) is 20.7 Å². The van der Waals surface area contributed by atoms with Crippen molar-refractivity contribution in [2.24, 2.45) is 0 Å².